The largest absolute Gasteiger partial charge is 0.151 e. The van der Waals surface area contributed by atoms with E-state index in [0.29, 0.717) is 10.5 Å². The Morgan fingerprint density at radius 1 is 1.15 bits per heavy atom. The van der Waals surface area contributed by atoms with Gasteiger partial charge in [-0.05, 0) is 23.8 Å². The first-order valence-corrected chi connectivity index (χ1v) is 5.83. The van der Waals surface area contributed by atoms with E-state index in [2.05, 4.69) is 26.8 Å². The van der Waals surface area contributed by atoms with Crippen LogP contribution in [-0.2, 0) is 0 Å². The Hall–Kier alpha value is -0.140. The lowest BCUT2D eigenvalue weighted by Crippen LogP contribution is -1.95. The molecule has 0 nitrogen and oxygen atoms in total. The minimum absolute atomic E-state index is 0.480. The van der Waals surface area contributed by atoms with Gasteiger partial charge in [-0.3, -0.25) is 0 Å². The van der Waals surface area contributed by atoms with Crippen LogP contribution in [0.5, 0.6) is 0 Å². The molecule has 1 rings (SSSR count). The molecule has 0 bridgehead atoms. The molecule has 0 aliphatic rings. The smallest absolute Gasteiger partial charge is 0.0449 e. The van der Waals surface area contributed by atoms with E-state index in [4.69, 9.17) is 11.6 Å². The first-order chi connectivity index (χ1) is 6.11. The maximum absolute atomic E-state index is 6.09. The van der Waals surface area contributed by atoms with Crippen molar-refractivity contribution in [2.45, 2.75) is 31.3 Å². The lowest BCUT2D eigenvalue weighted by atomic mass is 10.2. The lowest BCUT2D eigenvalue weighted by Gasteiger charge is -2.15. The van der Waals surface area contributed by atoms with E-state index >= 15 is 0 Å². The molecule has 2 heteroatoms. The maximum Gasteiger partial charge on any atom is 0.0449 e. The molecule has 0 aliphatic carbocycles. The number of rotatable bonds is 3. The summed E-state index contributed by atoms with van der Waals surface area (Å²) in [6.07, 6.45) is 0. The normalized spacial score (nSPS) is 13.3. The summed E-state index contributed by atoms with van der Waals surface area (Å²) in [7, 11) is 0. The summed E-state index contributed by atoms with van der Waals surface area (Å²) in [5.41, 5.74) is 1.24. The molecule has 72 valence electrons. The molecule has 1 aromatic carbocycles. The lowest BCUT2D eigenvalue weighted by molar-refractivity contribution is 1.04. The first kappa shape index (κ1) is 10.9. The van der Waals surface area contributed by atoms with Crippen molar-refractivity contribution < 1.29 is 0 Å². The van der Waals surface area contributed by atoms with Gasteiger partial charge in [-0.15, -0.1) is 0 Å². The van der Waals surface area contributed by atoms with Crippen LogP contribution < -0.4 is 0 Å². The summed E-state index contributed by atoms with van der Waals surface area (Å²) in [6.45, 7) is 6.61. The van der Waals surface area contributed by atoms with Gasteiger partial charge in [0.1, 0.15) is 0 Å². The summed E-state index contributed by atoms with van der Waals surface area (Å²) in [5.74, 6) is 0. The van der Waals surface area contributed by atoms with Crippen LogP contribution in [0, 0.1) is 0 Å². The molecule has 0 amide bonds. The molecular weight excluding hydrogens is 200 g/mol. The summed E-state index contributed by atoms with van der Waals surface area (Å²) in [4.78, 5) is 0. The average Bonchev–Trinajstić information content (AvgIpc) is 2.03. The van der Waals surface area contributed by atoms with Crippen LogP contribution in [0.2, 0.25) is 5.02 Å². The van der Waals surface area contributed by atoms with Crippen molar-refractivity contribution in [3.63, 3.8) is 0 Å². The van der Waals surface area contributed by atoms with Crippen LogP contribution in [0.3, 0.4) is 0 Å². The van der Waals surface area contributed by atoms with Crippen LogP contribution in [0.4, 0.5) is 0 Å². The van der Waals surface area contributed by atoms with Crippen LogP contribution in [-0.4, -0.2) is 5.25 Å². The van der Waals surface area contributed by atoms with Gasteiger partial charge in [0, 0.05) is 10.3 Å². The predicted octanol–water partition coefficient (Wildman–Crippen LogP) is 4.54. The minimum Gasteiger partial charge on any atom is -0.151 e. The number of halogens is 1. The van der Waals surface area contributed by atoms with Crippen molar-refractivity contribution in [2.24, 2.45) is 0 Å². The zero-order valence-corrected chi connectivity index (χ0v) is 9.82. The summed E-state index contributed by atoms with van der Waals surface area (Å²) in [6, 6.07) is 8.06. The Labute approximate surface area is 89.7 Å². The first-order valence-electron chi connectivity index (χ1n) is 4.51. The van der Waals surface area contributed by atoms with Crippen LogP contribution in [0.15, 0.2) is 24.3 Å². The van der Waals surface area contributed by atoms with E-state index in [1.807, 2.05) is 30.0 Å². The molecule has 0 heterocycles. The van der Waals surface area contributed by atoms with Gasteiger partial charge >= 0.3 is 0 Å². The van der Waals surface area contributed by atoms with E-state index in [1.54, 1.807) is 0 Å². The van der Waals surface area contributed by atoms with Gasteiger partial charge in [-0.25, -0.2) is 0 Å². The second kappa shape index (κ2) is 4.92. The number of benzene rings is 1. The molecule has 0 saturated carbocycles. The summed E-state index contributed by atoms with van der Waals surface area (Å²) >= 11 is 8.03. The van der Waals surface area contributed by atoms with Crippen molar-refractivity contribution in [1.29, 1.82) is 0 Å². The Morgan fingerprint density at radius 2 is 1.77 bits per heavy atom. The Bertz CT molecular complexity index is 271. The zero-order chi connectivity index (χ0) is 9.84. The van der Waals surface area contributed by atoms with Crippen molar-refractivity contribution >= 4 is 23.4 Å². The van der Waals surface area contributed by atoms with E-state index in [9.17, 15) is 0 Å². The molecule has 0 saturated heterocycles. The van der Waals surface area contributed by atoms with E-state index in [0.717, 1.165) is 5.02 Å². The SMILES string of the molecule is CC(C)SC(C)c1ccccc1Cl. The molecule has 1 aromatic rings. The van der Waals surface area contributed by atoms with E-state index in [1.165, 1.54) is 5.56 Å². The highest BCUT2D eigenvalue weighted by Crippen LogP contribution is 2.34. The third-order valence-electron chi connectivity index (χ3n) is 1.82. The zero-order valence-electron chi connectivity index (χ0n) is 8.25. The van der Waals surface area contributed by atoms with Crippen molar-refractivity contribution in [1.82, 2.24) is 0 Å². The van der Waals surface area contributed by atoms with Gasteiger partial charge < -0.3 is 0 Å². The quantitative estimate of drug-likeness (QED) is 0.712. The van der Waals surface area contributed by atoms with Gasteiger partial charge in [0.15, 0.2) is 0 Å². The Morgan fingerprint density at radius 3 is 2.31 bits per heavy atom. The maximum atomic E-state index is 6.09. The highest BCUT2D eigenvalue weighted by molar-refractivity contribution is 8.00. The molecule has 1 atom stereocenters. The van der Waals surface area contributed by atoms with Crippen LogP contribution in [0.25, 0.3) is 0 Å². The molecule has 0 radical (unpaired) electrons. The van der Waals surface area contributed by atoms with Crippen molar-refractivity contribution in [3.8, 4) is 0 Å². The number of thioether (sulfide) groups is 1. The van der Waals surface area contributed by atoms with Gasteiger partial charge in [-0.1, -0.05) is 43.6 Å². The second-order valence-electron chi connectivity index (χ2n) is 3.35. The highest BCUT2D eigenvalue weighted by Gasteiger charge is 2.10. The minimum atomic E-state index is 0.480. The monoisotopic (exact) mass is 214 g/mol. The Balaban J connectivity index is 2.76. The van der Waals surface area contributed by atoms with Gasteiger partial charge in [-0.2, -0.15) is 11.8 Å². The third-order valence-corrected chi connectivity index (χ3v) is 3.37. The third kappa shape index (κ3) is 3.24. The fourth-order valence-corrected chi connectivity index (χ4v) is 2.82. The van der Waals surface area contributed by atoms with Crippen LogP contribution >= 0.6 is 23.4 Å². The molecule has 13 heavy (non-hydrogen) atoms. The summed E-state index contributed by atoms with van der Waals surface area (Å²) < 4.78 is 0. The van der Waals surface area contributed by atoms with Crippen molar-refractivity contribution in [2.75, 3.05) is 0 Å². The number of hydrogen-bond donors (Lipinski definition) is 0. The summed E-state index contributed by atoms with van der Waals surface area (Å²) in [5, 5.41) is 2.00. The topological polar surface area (TPSA) is 0 Å². The molecule has 0 fully saturated rings. The van der Waals surface area contributed by atoms with Gasteiger partial charge in [0.2, 0.25) is 0 Å². The molecule has 0 aliphatic heterocycles. The fourth-order valence-electron chi connectivity index (χ4n) is 1.29. The predicted molar refractivity (Wildman–Crippen MR) is 62.6 cm³/mol. The standard InChI is InChI=1S/C11H15ClS/c1-8(2)13-9(3)10-6-4-5-7-11(10)12/h4-9H,1-3H3. The van der Waals surface area contributed by atoms with E-state index < -0.39 is 0 Å². The van der Waals surface area contributed by atoms with Crippen molar-refractivity contribution in [3.05, 3.63) is 34.9 Å². The fraction of sp³-hybridized carbons (Fsp3) is 0.455. The number of hydrogen-bond acceptors (Lipinski definition) is 1. The molecular formula is C11H15ClS. The Kier molecular flexibility index (Phi) is 4.14. The molecule has 0 aromatic heterocycles. The highest BCUT2D eigenvalue weighted by atomic mass is 35.5. The molecule has 0 spiro atoms. The van der Waals surface area contributed by atoms with Gasteiger partial charge in [0.05, 0.1) is 0 Å². The average molecular weight is 215 g/mol. The second-order valence-corrected chi connectivity index (χ2v) is 5.68. The van der Waals surface area contributed by atoms with E-state index in [-0.39, 0.29) is 0 Å². The molecule has 1 unspecified atom stereocenters. The molecule has 0 N–H and O–H groups in total. The van der Waals surface area contributed by atoms with Gasteiger partial charge in [0.25, 0.3) is 0 Å². The van der Waals surface area contributed by atoms with Crippen LogP contribution in [0.1, 0.15) is 31.6 Å².